The van der Waals surface area contributed by atoms with Crippen molar-refractivity contribution in [1.29, 1.82) is 0 Å². The number of pyridine rings is 1. The Kier molecular flexibility index (Phi) is 2.95. The molecule has 5 heteroatoms. The van der Waals surface area contributed by atoms with Gasteiger partial charge < -0.3 is 9.88 Å². The molecule has 2 rings (SSSR count). The highest BCUT2D eigenvalue weighted by Gasteiger charge is 2.08. The van der Waals surface area contributed by atoms with Gasteiger partial charge in [-0.05, 0) is 12.1 Å². The van der Waals surface area contributed by atoms with E-state index in [9.17, 15) is 4.79 Å². The van der Waals surface area contributed by atoms with Gasteiger partial charge in [0, 0.05) is 13.2 Å². The summed E-state index contributed by atoms with van der Waals surface area (Å²) in [6.07, 6.45) is 4.83. The molecule has 0 spiro atoms. The highest BCUT2D eigenvalue weighted by Crippen LogP contribution is 1.97. The van der Waals surface area contributed by atoms with Crippen molar-refractivity contribution < 1.29 is 4.79 Å². The normalized spacial score (nSPS) is 10.1. The van der Waals surface area contributed by atoms with Gasteiger partial charge in [-0.2, -0.15) is 0 Å². The first-order valence-corrected chi connectivity index (χ1v) is 4.92. The standard InChI is InChI=1S/C11H12N4O/c1-15-8-12-7-10(15)11(16)14-6-9-4-2-3-5-13-9/h2-5,7-8H,6H2,1H3,(H,14,16). The van der Waals surface area contributed by atoms with Crippen LogP contribution >= 0.6 is 0 Å². The fraction of sp³-hybridized carbons (Fsp3) is 0.182. The fourth-order valence-electron chi connectivity index (χ4n) is 1.34. The Morgan fingerprint density at radius 2 is 2.38 bits per heavy atom. The minimum Gasteiger partial charge on any atom is -0.345 e. The molecule has 0 atom stereocenters. The highest BCUT2D eigenvalue weighted by molar-refractivity contribution is 5.92. The quantitative estimate of drug-likeness (QED) is 0.823. The smallest absolute Gasteiger partial charge is 0.269 e. The maximum Gasteiger partial charge on any atom is 0.269 e. The maximum atomic E-state index is 11.7. The molecule has 5 nitrogen and oxygen atoms in total. The van der Waals surface area contributed by atoms with Crippen molar-refractivity contribution in [3.63, 3.8) is 0 Å². The molecule has 0 aliphatic heterocycles. The Morgan fingerprint density at radius 1 is 1.50 bits per heavy atom. The van der Waals surface area contributed by atoms with Gasteiger partial charge in [0.15, 0.2) is 0 Å². The number of rotatable bonds is 3. The summed E-state index contributed by atoms with van der Waals surface area (Å²) in [6.45, 7) is 0.421. The Bertz CT molecular complexity index is 478. The Morgan fingerprint density at radius 3 is 3.00 bits per heavy atom. The van der Waals surface area contributed by atoms with Crippen LogP contribution < -0.4 is 5.32 Å². The van der Waals surface area contributed by atoms with Crippen molar-refractivity contribution in [2.75, 3.05) is 0 Å². The molecular formula is C11H12N4O. The molecule has 1 N–H and O–H groups in total. The maximum absolute atomic E-state index is 11.7. The largest absolute Gasteiger partial charge is 0.345 e. The number of amides is 1. The Balaban J connectivity index is 1.97. The van der Waals surface area contributed by atoms with Gasteiger partial charge in [-0.1, -0.05) is 6.07 Å². The van der Waals surface area contributed by atoms with Gasteiger partial charge in [0.2, 0.25) is 0 Å². The second-order valence-electron chi connectivity index (χ2n) is 3.39. The van der Waals surface area contributed by atoms with Crippen molar-refractivity contribution in [3.05, 3.63) is 48.3 Å². The number of hydrogen-bond donors (Lipinski definition) is 1. The molecule has 2 aromatic heterocycles. The van der Waals surface area contributed by atoms with Gasteiger partial charge >= 0.3 is 0 Å². The number of aromatic nitrogens is 3. The average molecular weight is 216 g/mol. The number of nitrogens with one attached hydrogen (secondary N) is 1. The van der Waals surface area contributed by atoms with E-state index >= 15 is 0 Å². The van der Waals surface area contributed by atoms with E-state index in [1.165, 1.54) is 6.20 Å². The minimum atomic E-state index is -0.148. The summed E-state index contributed by atoms with van der Waals surface area (Å²) in [7, 11) is 1.78. The lowest BCUT2D eigenvalue weighted by molar-refractivity contribution is 0.0942. The van der Waals surface area contributed by atoms with Crippen LogP contribution in [0.1, 0.15) is 16.2 Å². The Hall–Kier alpha value is -2.17. The molecule has 2 aromatic rings. The lowest BCUT2D eigenvalue weighted by atomic mass is 10.3. The first kappa shape index (κ1) is 10.4. The van der Waals surface area contributed by atoms with Crippen LogP contribution in [-0.4, -0.2) is 20.4 Å². The SMILES string of the molecule is Cn1cncc1C(=O)NCc1ccccn1. The first-order chi connectivity index (χ1) is 7.77. The predicted molar refractivity (Wildman–Crippen MR) is 58.6 cm³/mol. The molecule has 0 aliphatic carbocycles. The monoisotopic (exact) mass is 216 g/mol. The molecule has 16 heavy (non-hydrogen) atoms. The summed E-state index contributed by atoms with van der Waals surface area (Å²) in [5.41, 5.74) is 1.37. The third kappa shape index (κ3) is 2.25. The number of imidazole rings is 1. The number of carbonyl (C=O) groups is 1. The molecule has 0 bridgehead atoms. The lowest BCUT2D eigenvalue weighted by Gasteiger charge is -2.04. The van der Waals surface area contributed by atoms with E-state index in [0.717, 1.165) is 5.69 Å². The fourth-order valence-corrected chi connectivity index (χ4v) is 1.34. The molecule has 0 saturated carbocycles. The summed E-state index contributed by atoms with van der Waals surface area (Å²) in [5.74, 6) is -0.148. The zero-order valence-electron chi connectivity index (χ0n) is 8.92. The van der Waals surface area contributed by atoms with Crippen LogP contribution in [0.25, 0.3) is 0 Å². The van der Waals surface area contributed by atoms with Gasteiger partial charge in [-0.25, -0.2) is 4.98 Å². The average Bonchev–Trinajstić information content (AvgIpc) is 2.74. The summed E-state index contributed by atoms with van der Waals surface area (Å²) in [4.78, 5) is 19.7. The van der Waals surface area contributed by atoms with Crippen LogP contribution in [0.3, 0.4) is 0 Å². The van der Waals surface area contributed by atoms with Crippen LogP contribution in [-0.2, 0) is 13.6 Å². The number of nitrogens with zero attached hydrogens (tertiary/aromatic N) is 3. The molecular weight excluding hydrogens is 204 g/mol. The van der Waals surface area contributed by atoms with E-state index in [0.29, 0.717) is 12.2 Å². The number of aryl methyl sites for hydroxylation is 1. The number of carbonyl (C=O) groups excluding carboxylic acids is 1. The van der Waals surface area contributed by atoms with Crippen molar-refractivity contribution in [2.24, 2.45) is 7.05 Å². The van der Waals surface area contributed by atoms with Crippen LogP contribution in [0.5, 0.6) is 0 Å². The summed E-state index contributed by atoms with van der Waals surface area (Å²) >= 11 is 0. The molecule has 2 heterocycles. The topological polar surface area (TPSA) is 59.8 Å². The van der Waals surface area contributed by atoms with E-state index in [-0.39, 0.29) is 5.91 Å². The predicted octanol–water partition coefficient (Wildman–Crippen LogP) is 0.745. The molecule has 0 aliphatic rings. The summed E-state index contributed by atoms with van der Waals surface area (Å²) in [6, 6.07) is 5.59. The third-order valence-corrected chi connectivity index (χ3v) is 2.21. The van der Waals surface area contributed by atoms with E-state index < -0.39 is 0 Å². The van der Waals surface area contributed by atoms with Gasteiger partial charge in [0.1, 0.15) is 5.69 Å². The molecule has 0 radical (unpaired) electrons. The van der Waals surface area contributed by atoms with Crippen molar-refractivity contribution in [2.45, 2.75) is 6.54 Å². The van der Waals surface area contributed by atoms with Crippen LogP contribution in [0.2, 0.25) is 0 Å². The molecule has 0 aromatic carbocycles. The van der Waals surface area contributed by atoms with Crippen molar-refractivity contribution >= 4 is 5.91 Å². The van der Waals surface area contributed by atoms with E-state index in [1.54, 1.807) is 24.1 Å². The van der Waals surface area contributed by atoms with Crippen LogP contribution in [0, 0.1) is 0 Å². The molecule has 82 valence electrons. The highest BCUT2D eigenvalue weighted by atomic mass is 16.1. The molecule has 1 amide bonds. The zero-order chi connectivity index (χ0) is 11.4. The zero-order valence-corrected chi connectivity index (χ0v) is 8.92. The second kappa shape index (κ2) is 4.57. The number of hydrogen-bond acceptors (Lipinski definition) is 3. The van der Waals surface area contributed by atoms with Gasteiger partial charge in [0.25, 0.3) is 5.91 Å². The van der Waals surface area contributed by atoms with Gasteiger partial charge in [0.05, 0.1) is 24.8 Å². The molecule has 0 fully saturated rings. The third-order valence-electron chi connectivity index (χ3n) is 2.21. The van der Waals surface area contributed by atoms with E-state index in [1.807, 2.05) is 18.2 Å². The van der Waals surface area contributed by atoms with Gasteiger partial charge in [-0.15, -0.1) is 0 Å². The van der Waals surface area contributed by atoms with Crippen LogP contribution in [0.15, 0.2) is 36.9 Å². The first-order valence-electron chi connectivity index (χ1n) is 4.92. The summed E-state index contributed by atoms with van der Waals surface area (Å²) in [5, 5.41) is 2.78. The molecule has 0 unspecified atom stereocenters. The second-order valence-corrected chi connectivity index (χ2v) is 3.39. The Labute approximate surface area is 93.2 Å². The van der Waals surface area contributed by atoms with E-state index in [2.05, 4.69) is 15.3 Å². The lowest BCUT2D eigenvalue weighted by Crippen LogP contribution is -2.25. The van der Waals surface area contributed by atoms with Crippen molar-refractivity contribution in [1.82, 2.24) is 19.9 Å². The van der Waals surface area contributed by atoms with E-state index in [4.69, 9.17) is 0 Å². The van der Waals surface area contributed by atoms with Gasteiger partial charge in [-0.3, -0.25) is 9.78 Å². The summed E-state index contributed by atoms with van der Waals surface area (Å²) < 4.78 is 1.67. The van der Waals surface area contributed by atoms with Crippen LogP contribution in [0.4, 0.5) is 0 Å². The molecule has 0 saturated heterocycles. The van der Waals surface area contributed by atoms with Crippen molar-refractivity contribution in [3.8, 4) is 0 Å². The minimum absolute atomic E-state index is 0.148.